The highest BCUT2D eigenvalue weighted by molar-refractivity contribution is 5.90. The van der Waals surface area contributed by atoms with Gasteiger partial charge in [0.1, 0.15) is 6.10 Å². The molecule has 2 fully saturated rings. The Morgan fingerprint density at radius 2 is 2.00 bits per heavy atom. The molecule has 0 spiro atoms. The lowest BCUT2D eigenvalue weighted by molar-refractivity contribution is -0.0245. The lowest BCUT2D eigenvalue weighted by Crippen LogP contribution is -2.26. The molecule has 3 nitrogen and oxygen atoms in total. The van der Waals surface area contributed by atoms with Crippen LogP contribution in [0.1, 0.15) is 47.2 Å². The molecule has 3 heteroatoms. The first-order valence-corrected chi connectivity index (χ1v) is 6.58. The quantitative estimate of drug-likeness (QED) is 0.594. The molecule has 2 aliphatic rings. The standard InChI is InChI=1S/C15H18O3/c1-10-7-11(2)9-12(8-10)14(16)18-15-6-4-3-5-13(15)17-15/h7-9,13H,3-6H2,1-2H3/t13-,15-/m1/s1. The van der Waals surface area contributed by atoms with E-state index in [9.17, 15) is 4.79 Å². The molecular weight excluding hydrogens is 228 g/mol. The summed E-state index contributed by atoms with van der Waals surface area (Å²) >= 11 is 0. The zero-order chi connectivity index (χ0) is 12.8. The van der Waals surface area contributed by atoms with E-state index in [1.807, 2.05) is 32.0 Å². The van der Waals surface area contributed by atoms with Crippen molar-refractivity contribution in [3.8, 4) is 0 Å². The van der Waals surface area contributed by atoms with Gasteiger partial charge in [-0.15, -0.1) is 0 Å². The number of fused-ring (bicyclic) bond motifs is 1. The van der Waals surface area contributed by atoms with Gasteiger partial charge in [-0.2, -0.15) is 0 Å². The number of aryl methyl sites for hydroxylation is 2. The number of carbonyl (C=O) groups excluding carboxylic acids is 1. The molecule has 0 radical (unpaired) electrons. The molecule has 1 heterocycles. The minimum Gasteiger partial charge on any atom is -0.427 e. The molecule has 1 aliphatic carbocycles. The van der Waals surface area contributed by atoms with Crippen molar-refractivity contribution >= 4 is 5.97 Å². The van der Waals surface area contributed by atoms with Crippen molar-refractivity contribution in [1.29, 1.82) is 0 Å². The van der Waals surface area contributed by atoms with E-state index in [-0.39, 0.29) is 12.1 Å². The van der Waals surface area contributed by atoms with Crippen LogP contribution in [-0.4, -0.2) is 17.9 Å². The predicted molar refractivity (Wildman–Crippen MR) is 67.4 cm³/mol. The maximum Gasteiger partial charge on any atom is 0.340 e. The van der Waals surface area contributed by atoms with Gasteiger partial charge in [0.2, 0.25) is 5.79 Å². The predicted octanol–water partition coefficient (Wildman–Crippen LogP) is 3.13. The Bertz CT molecular complexity index is 474. The Balaban J connectivity index is 1.75. The molecule has 0 amide bonds. The zero-order valence-corrected chi connectivity index (χ0v) is 10.9. The third-order valence-corrected chi connectivity index (χ3v) is 3.74. The number of epoxide rings is 1. The van der Waals surface area contributed by atoms with Gasteiger partial charge in [0.15, 0.2) is 0 Å². The molecule has 1 aliphatic heterocycles. The molecule has 1 aromatic carbocycles. The molecule has 1 saturated carbocycles. The third-order valence-electron chi connectivity index (χ3n) is 3.74. The van der Waals surface area contributed by atoms with Crippen molar-refractivity contribution in [3.05, 3.63) is 34.9 Å². The summed E-state index contributed by atoms with van der Waals surface area (Å²) in [6.07, 6.45) is 4.25. The summed E-state index contributed by atoms with van der Waals surface area (Å²) in [5, 5.41) is 0. The molecule has 0 aromatic heterocycles. The maximum absolute atomic E-state index is 12.1. The molecule has 0 bridgehead atoms. The van der Waals surface area contributed by atoms with Crippen LogP contribution in [0.4, 0.5) is 0 Å². The highest BCUT2D eigenvalue weighted by Crippen LogP contribution is 2.48. The normalized spacial score (nSPS) is 29.6. The SMILES string of the molecule is Cc1cc(C)cc(C(=O)O[C@]23CCCC[C@H]2O3)c1. The number of esters is 1. The van der Waals surface area contributed by atoms with Crippen LogP contribution in [0.25, 0.3) is 0 Å². The number of benzene rings is 1. The van der Waals surface area contributed by atoms with Gasteiger partial charge in [0, 0.05) is 6.42 Å². The molecule has 1 aromatic rings. The summed E-state index contributed by atoms with van der Waals surface area (Å²) in [6.45, 7) is 3.97. The van der Waals surface area contributed by atoms with Crippen LogP contribution in [0.3, 0.4) is 0 Å². The van der Waals surface area contributed by atoms with Gasteiger partial charge < -0.3 is 9.47 Å². The summed E-state index contributed by atoms with van der Waals surface area (Å²) in [7, 11) is 0. The first-order chi connectivity index (χ1) is 8.59. The number of carbonyl (C=O) groups is 1. The molecule has 0 N–H and O–H groups in total. The van der Waals surface area contributed by atoms with Crippen LogP contribution in [0.5, 0.6) is 0 Å². The van der Waals surface area contributed by atoms with Crippen molar-refractivity contribution in [1.82, 2.24) is 0 Å². The van der Waals surface area contributed by atoms with Crippen LogP contribution < -0.4 is 0 Å². The van der Waals surface area contributed by atoms with Gasteiger partial charge in [0.05, 0.1) is 5.56 Å². The summed E-state index contributed by atoms with van der Waals surface area (Å²) in [5.41, 5.74) is 2.79. The van der Waals surface area contributed by atoms with Crippen molar-refractivity contribution < 1.29 is 14.3 Å². The smallest absolute Gasteiger partial charge is 0.340 e. The molecule has 18 heavy (non-hydrogen) atoms. The molecule has 1 saturated heterocycles. The second kappa shape index (κ2) is 4.09. The first kappa shape index (κ1) is 11.7. The largest absolute Gasteiger partial charge is 0.427 e. The average Bonchev–Trinajstić information content (AvgIpc) is 3.01. The summed E-state index contributed by atoms with van der Waals surface area (Å²) in [4.78, 5) is 12.1. The van der Waals surface area contributed by atoms with Gasteiger partial charge in [-0.25, -0.2) is 4.79 Å². The van der Waals surface area contributed by atoms with Crippen molar-refractivity contribution in [2.24, 2.45) is 0 Å². The van der Waals surface area contributed by atoms with Crippen LogP contribution in [0, 0.1) is 13.8 Å². The van der Waals surface area contributed by atoms with Gasteiger partial charge in [-0.1, -0.05) is 23.6 Å². The van der Waals surface area contributed by atoms with E-state index in [1.165, 1.54) is 6.42 Å². The molecule has 3 rings (SSSR count). The van der Waals surface area contributed by atoms with Crippen molar-refractivity contribution in [3.63, 3.8) is 0 Å². The van der Waals surface area contributed by atoms with E-state index in [0.717, 1.165) is 30.4 Å². The lowest BCUT2D eigenvalue weighted by atomic mass is 9.97. The maximum atomic E-state index is 12.1. The fourth-order valence-corrected chi connectivity index (χ4v) is 2.86. The number of hydrogen-bond acceptors (Lipinski definition) is 3. The van der Waals surface area contributed by atoms with E-state index in [0.29, 0.717) is 5.56 Å². The second-order valence-electron chi connectivity index (χ2n) is 5.43. The van der Waals surface area contributed by atoms with Crippen LogP contribution in [0.15, 0.2) is 18.2 Å². The van der Waals surface area contributed by atoms with Gasteiger partial charge >= 0.3 is 5.97 Å². The Morgan fingerprint density at radius 1 is 1.28 bits per heavy atom. The van der Waals surface area contributed by atoms with Crippen molar-refractivity contribution in [2.75, 3.05) is 0 Å². The Hall–Kier alpha value is -1.35. The number of ether oxygens (including phenoxy) is 2. The summed E-state index contributed by atoms with van der Waals surface area (Å²) < 4.78 is 11.2. The molecule has 96 valence electrons. The van der Waals surface area contributed by atoms with E-state index in [2.05, 4.69) is 0 Å². The molecule has 0 unspecified atom stereocenters. The van der Waals surface area contributed by atoms with E-state index >= 15 is 0 Å². The summed E-state index contributed by atoms with van der Waals surface area (Å²) in [6, 6.07) is 5.78. The van der Waals surface area contributed by atoms with Crippen LogP contribution in [0.2, 0.25) is 0 Å². The van der Waals surface area contributed by atoms with E-state index in [4.69, 9.17) is 9.47 Å². The van der Waals surface area contributed by atoms with E-state index in [1.54, 1.807) is 0 Å². The van der Waals surface area contributed by atoms with Crippen LogP contribution in [-0.2, 0) is 9.47 Å². The fraction of sp³-hybridized carbons (Fsp3) is 0.533. The third kappa shape index (κ3) is 2.03. The lowest BCUT2D eigenvalue weighted by Gasteiger charge is -2.17. The fourth-order valence-electron chi connectivity index (χ4n) is 2.86. The number of hydrogen-bond donors (Lipinski definition) is 0. The van der Waals surface area contributed by atoms with Crippen molar-refractivity contribution in [2.45, 2.75) is 51.4 Å². The first-order valence-electron chi connectivity index (χ1n) is 6.58. The summed E-state index contributed by atoms with van der Waals surface area (Å²) in [5.74, 6) is -0.848. The second-order valence-corrected chi connectivity index (χ2v) is 5.43. The molecule has 2 atom stereocenters. The van der Waals surface area contributed by atoms with Gasteiger partial charge in [-0.3, -0.25) is 0 Å². The molecular formula is C15H18O3. The zero-order valence-electron chi connectivity index (χ0n) is 10.9. The highest BCUT2D eigenvalue weighted by atomic mass is 16.8. The Morgan fingerprint density at radius 3 is 2.67 bits per heavy atom. The monoisotopic (exact) mass is 246 g/mol. The van der Waals surface area contributed by atoms with E-state index < -0.39 is 5.79 Å². The minimum absolute atomic E-state index is 0.140. The van der Waals surface area contributed by atoms with Crippen LogP contribution >= 0.6 is 0 Å². The minimum atomic E-state index is -0.590. The highest BCUT2D eigenvalue weighted by Gasteiger charge is 2.61. The Kier molecular flexibility index (Phi) is 2.67. The average molecular weight is 246 g/mol. The topological polar surface area (TPSA) is 38.8 Å². The Labute approximate surface area is 107 Å². The van der Waals surface area contributed by atoms with Gasteiger partial charge in [-0.05, 0) is 38.8 Å². The van der Waals surface area contributed by atoms with Gasteiger partial charge in [0.25, 0.3) is 0 Å². The number of rotatable bonds is 2.